The zero-order valence-electron chi connectivity index (χ0n) is 9.41. The summed E-state index contributed by atoms with van der Waals surface area (Å²) in [5, 5.41) is 0. The van der Waals surface area contributed by atoms with Crippen LogP contribution in [-0.2, 0) is 6.54 Å². The van der Waals surface area contributed by atoms with Gasteiger partial charge in [0.15, 0.2) is 0 Å². The molecule has 0 radical (unpaired) electrons. The van der Waals surface area contributed by atoms with Gasteiger partial charge in [-0.25, -0.2) is 0 Å². The van der Waals surface area contributed by atoms with Crippen LogP contribution < -0.4 is 5.73 Å². The highest BCUT2D eigenvalue weighted by molar-refractivity contribution is 4.98. The van der Waals surface area contributed by atoms with Crippen LogP contribution in [0.25, 0.3) is 0 Å². The molecule has 1 aliphatic carbocycles. The Morgan fingerprint density at radius 3 is 2.80 bits per heavy atom. The third-order valence-corrected chi connectivity index (χ3v) is 3.46. The Balaban J connectivity index is 1.84. The lowest BCUT2D eigenvalue weighted by Gasteiger charge is -2.43. The van der Waals surface area contributed by atoms with Crippen molar-refractivity contribution in [3.8, 4) is 0 Å². The minimum absolute atomic E-state index is 0.390. The fraction of sp³-hybridized carbons (Fsp3) is 0.667. The number of nitrogens with two attached hydrogens (primary N) is 1. The molecule has 1 heterocycles. The van der Waals surface area contributed by atoms with Crippen molar-refractivity contribution in [2.24, 2.45) is 11.1 Å². The minimum Gasteiger partial charge on any atom is -0.468 e. The third-order valence-electron chi connectivity index (χ3n) is 3.46. The molecule has 0 unspecified atom stereocenters. The van der Waals surface area contributed by atoms with Gasteiger partial charge in [-0.2, -0.15) is 0 Å². The SMILES string of the molecule is CN(Cc1ccco1)CC1(CN)CCC1. The quantitative estimate of drug-likeness (QED) is 0.803. The first-order valence-electron chi connectivity index (χ1n) is 5.65. The Labute approximate surface area is 91.2 Å². The highest BCUT2D eigenvalue weighted by Crippen LogP contribution is 2.40. The number of rotatable bonds is 5. The topological polar surface area (TPSA) is 42.4 Å². The van der Waals surface area contributed by atoms with Crippen molar-refractivity contribution in [1.82, 2.24) is 4.90 Å². The summed E-state index contributed by atoms with van der Waals surface area (Å²) in [6, 6.07) is 3.96. The Morgan fingerprint density at radius 2 is 2.33 bits per heavy atom. The molecule has 3 nitrogen and oxygen atoms in total. The van der Waals surface area contributed by atoms with Crippen LogP contribution in [0, 0.1) is 5.41 Å². The number of hydrogen-bond donors (Lipinski definition) is 1. The van der Waals surface area contributed by atoms with E-state index in [1.54, 1.807) is 6.26 Å². The van der Waals surface area contributed by atoms with Crippen molar-refractivity contribution in [3.05, 3.63) is 24.2 Å². The summed E-state index contributed by atoms with van der Waals surface area (Å²) in [6.07, 6.45) is 5.63. The second-order valence-electron chi connectivity index (χ2n) is 4.81. The van der Waals surface area contributed by atoms with E-state index in [1.807, 2.05) is 12.1 Å². The predicted octanol–water partition coefficient (Wildman–Crippen LogP) is 1.84. The van der Waals surface area contributed by atoms with E-state index >= 15 is 0 Å². The Bertz CT molecular complexity index is 285. The van der Waals surface area contributed by atoms with Crippen molar-refractivity contribution in [3.63, 3.8) is 0 Å². The Hall–Kier alpha value is -0.800. The lowest BCUT2D eigenvalue weighted by Crippen LogP contribution is -2.45. The van der Waals surface area contributed by atoms with Gasteiger partial charge >= 0.3 is 0 Å². The largest absolute Gasteiger partial charge is 0.468 e. The van der Waals surface area contributed by atoms with Gasteiger partial charge in [0, 0.05) is 6.54 Å². The molecule has 0 atom stereocenters. The van der Waals surface area contributed by atoms with Crippen molar-refractivity contribution in [2.45, 2.75) is 25.8 Å². The molecule has 3 heteroatoms. The van der Waals surface area contributed by atoms with Crippen LogP contribution in [-0.4, -0.2) is 25.0 Å². The smallest absolute Gasteiger partial charge is 0.117 e. The summed E-state index contributed by atoms with van der Waals surface area (Å²) >= 11 is 0. The maximum Gasteiger partial charge on any atom is 0.117 e. The molecule has 0 aromatic carbocycles. The molecular weight excluding hydrogens is 188 g/mol. The molecule has 1 saturated carbocycles. The first-order valence-corrected chi connectivity index (χ1v) is 5.65. The highest BCUT2D eigenvalue weighted by atomic mass is 16.3. The van der Waals surface area contributed by atoms with Crippen LogP contribution in [0.4, 0.5) is 0 Å². The molecule has 0 spiro atoms. The average Bonchev–Trinajstić information content (AvgIpc) is 2.64. The fourth-order valence-electron chi connectivity index (χ4n) is 2.40. The molecule has 0 aliphatic heterocycles. The van der Waals surface area contributed by atoms with E-state index in [1.165, 1.54) is 19.3 Å². The minimum atomic E-state index is 0.390. The molecule has 0 saturated heterocycles. The molecule has 84 valence electrons. The van der Waals surface area contributed by atoms with Crippen LogP contribution in [0.2, 0.25) is 0 Å². The Morgan fingerprint density at radius 1 is 1.53 bits per heavy atom. The van der Waals surface area contributed by atoms with E-state index in [4.69, 9.17) is 10.2 Å². The summed E-state index contributed by atoms with van der Waals surface area (Å²) in [5.41, 5.74) is 6.23. The summed E-state index contributed by atoms with van der Waals surface area (Å²) in [4.78, 5) is 2.31. The zero-order chi connectivity index (χ0) is 10.7. The normalized spacial score (nSPS) is 19.1. The lowest BCUT2D eigenvalue weighted by molar-refractivity contribution is 0.0814. The maximum atomic E-state index is 5.84. The predicted molar refractivity (Wildman–Crippen MR) is 60.4 cm³/mol. The lowest BCUT2D eigenvalue weighted by atomic mass is 9.68. The van der Waals surface area contributed by atoms with Gasteiger partial charge < -0.3 is 10.2 Å². The average molecular weight is 208 g/mol. The molecule has 1 aromatic heterocycles. The summed E-state index contributed by atoms with van der Waals surface area (Å²) in [6.45, 7) is 2.79. The molecule has 15 heavy (non-hydrogen) atoms. The van der Waals surface area contributed by atoms with Crippen LogP contribution >= 0.6 is 0 Å². The van der Waals surface area contributed by atoms with Crippen molar-refractivity contribution in [1.29, 1.82) is 0 Å². The first kappa shape index (κ1) is 10.7. The highest BCUT2D eigenvalue weighted by Gasteiger charge is 2.36. The monoisotopic (exact) mass is 208 g/mol. The molecule has 2 N–H and O–H groups in total. The third kappa shape index (κ3) is 2.41. The van der Waals surface area contributed by atoms with E-state index in [-0.39, 0.29) is 0 Å². The zero-order valence-corrected chi connectivity index (χ0v) is 9.41. The van der Waals surface area contributed by atoms with Gasteiger partial charge in [-0.3, -0.25) is 4.90 Å². The van der Waals surface area contributed by atoms with Crippen molar-refractivity contribution < 1.29 is 4.42 Å². The second kappa shape index (κ2) is 4.37. The summed E-state index contributed by atoms with van der Waals surface area (Å²) in [7, 11) is 2.14. The Kier molecular flexibility index (Phi) is 3.12. The van der Waals surface area contributed by atoms with Crippen molar-refractivity contribution in [2.75, 3.05) is 20.1 Å². The fourth-order valence-corrected chi connectivity index (χ4v) is 2.40. The van der Waals surface area contributed by atoms with E-state index in [0.29, 0.717) is 5.41 Å². The molecular formula is C12H20N2O. The molecule has 1 fully saturated rings. The van der Waals surface area contributed by atoms with Crippen LogP contribution in [0.15, 0.2) is 22.8 Å². The molecule has 0 bridgehead atoms. The molecule has 0 amide bonds. The van der Waals surface area contributed by atoms with Gasteiger partial charge in [0.05, 0.1) is 12.8 Å². The number of furan rings is 1. The van der Waals surface area contributed by atoms with Gasteiger partial charge in [-0.15, -0.1) is 0 Å². The number of hydrogen-bond acceptors (Lipinski definition) is 3. The van der Waals surface area contributed by atoms with Crippen molar-refractivity contribution >= 4 is 0 Å². The van der Waals surface area contributed by atoms with Crippen LogP contribution in [0.3, 0.4) is 0 Å². The van der Waals surface area contributed by atoms with E-state index in [2.05, 4.69) is 11.9 Å². The molecule has 1 aliphatic rings. The maximum absolute atomic E-state index is 5.84. The van der Waals surface area contributed by atoms with E-state index in [9.17, 15) is 0 Å². The summed E-state index contributed by atoms with van der Waals surface area (Å²) < 4.78 is 5.33. The summed E-state index contributed by atoms with van der Waals surface area (Å²) in [5.74, 6) is 1.03. The van der Waals surface area contributed by atoms with Gasteiger partial charge in [0.1, 0.15) is 5.76 Å². The number of nitrogens with zero attached hydrogens (tertiary/aromatic N) is 1. The molecule has 1 aromatic rings. The van der Waals surface area contributed by atoms with Crippen LogP contribution in [0.5, 0.6) is 0 Å². The molecule has 2 rings (SSSR count). The van der Waals surface area contributed by atoms with Gasteiger partial charge in [0.25, 0.3) is 0 Å². The standard InChI is InChI=1S/C12H20N2O/c1-14(8-11-4-2-7-15-11)10-12(9-13)5-3-6-12/h2,4,7H,3,5-6,8-10,13H2,1H3. The van der Waals surface area contributed by atoms with E-state index in [0.717, 1.165) is 25.4 Å². The van der Waals surface area contributed by atoms with Gasteiger partial charge in [-0.05, 0) is 44.0 Å². The second-order valence-corrected chi connectivity index (χ2v) is 4.81. The van der Waals surface area contributed by atoms with Gasteiger partial charge in [0.2, 0.25) is 0 Å². The van der Waals surface area contributed by atoms with E-state index < -0.39 is 0 Å². The van der Waals surface area contributed by atoms with Crippen LogP contribution in [0.1, 0.15) is 25.0 Å². The van der Waals surface area contributed by atoms with Gasteiger partial charge in [-0.1, -0.05) is 6.42 Å². The first-order chi connectivity index (χ1) is 7.24.